The van der Waals surface area contributed by atoms with Crippen LogP contribution in [0.5, 0.6) is 0 Å². The summed E-state index contributed by atoms with van der Waals surface area (Å²) in [6, 6.07) is 15.1. The predicted octanol–water partition coefficient (Wildman–Crippen LogP) is 3.23. The monoisotopic (exact) mass is 421 g/mol. The third-order valence-electron chi connectivity index (χ3n) is 6.66. The Balaban J connectivity index is 1.36. The van der Waals surface area contributed by atoms with Crippen molar-refractivity contribution in [1.29, 1.82) is 0 Å². The van der Waals surface area contributed by atoms with Gasteiger partial charge >= 0.3 is 0 Å². The molecule has 0 unspecified atom stereocenters. The Morgan fingerprint density at radius 3 is 2.77 bits per heavy atom. The summed E-state index contributed by atoms with van der Waals surface area (Å²) < 4.78 is 0. The van der Waals surface area contributed by atoms with E-state index in [1.54, 1.807) is 6.20 Å². The number of nitrogens with zero attached hydrogens (tertiary/aromatic N) is 3. The van der Waals surface area contributed by atoms with Crippen molar-refractivity contribution in [3.63, 3.8) is 0 Å². The molecule has 1 aromatic heterocycles. The molecule has 1 saturated heterocycles. The van der Waals surface area contributed by atoms with Crippen LogP contribution in [0.1, 0.15) is 54.1 Å². The number of benzene rings is 1. The molecule has 2 aliphatic rings. The van der Waals surface area contributed by atoms with Crippen LogP contribution in [0.15, 0.2) is 48.7 Å². The summed E-state index contributed by atoms with van der Waals surface area (Å²) in [7, 11) is 2.18. The lowest BCUT2D eigenvalue weighted by atomic mass is 9.94. The first-order chi connectivity index (χ1) is 15.2. The number of piperazine rings is 1. The highest BCUT2D eigenvalue weighted by Gasteiger charge is 2.25. The number of amides is 1. The average Bonchev–Trinajstić information content (AvgIpc) is 2.85. The van der Waals surface area contributed by atoms with Gasteiger partial charge in [-0.1, -0.05) is 49.6 Å². The first-order valence-corrected chi connectivity index (χ1v) is 11.7. The SMILES string of the molecule is CN(CCNC(=O)c1cccnc1N1CCN[C@@H](c2ccccc2)C1)C1CCCCC1. The van der Waals surface area contributed by atoms with Crippen LogP contribution in [0.2, 0.25) is 0 Å². The molecule has 1 aliphatic heterocycles. The van der Waals surface area contributed by atoms with Crippen LogP contribution >= 0.6 is 0 Å². The molecular formula is C25H35N5O. The number of carbonyl (C=O) groups excluding carboxylic acids is 1. The van der Waals surface area contributed by atoms with Gasteiger partial charge in [0.15, 0.2) is 0 Å². The lowest BCUT2D eigenvalue weighted by molar-refractivity contribution is 0.0944. The lowest BCUT2D eigenvalue weighted by Crippen LogP contribution is -2.47. The number of aromatic nitrogens is 1. The molecule has 0 spiro atoms. The van der Waals surface area contributed by atoms with E-state index in [1.807, 2.05) is 18.2 Å². The van der Waals surface area contributed by atoms with Gasteiger partial charge in [0.1, 0.15) is 5.82 Å². The zero-order valence-corrected chi connectivity index (χ0v) is 18.6. The lowest BCUT2D eigenvalue weighted by Gasteiger charge is -2.35. The molecule has 4 rings (SSSR count). The van der Waals surface area contributed by atoms with Gasteiger partial charge in [-0.3, -0.25) is 4.79 Å². The second kappa shape index (κ2) is 10.7. The number of hydrogen-bond donors (Lipinski definition) is 2. The van der Waals surface area contributed by atoms with Crippen molar-refractivity contribution in [1.82, 2.24) is 20.5 Å². The van der Waals surface area contributed by atoms with E-state index in [1.165, 1.54) is 37.7 Å². The summed E-state index contributed by atoms with van der Waals surface area (Å²) in [6.07, 6.45) is 8.36. The van der Waals surface area contributed by atoms with Crippen molar-refractivity contribution >= 4 is 11.7 Å². The zero-order valence-electron chi connectivity index (χ0n) is 18.6. The molecule has 31 heavy (non-hydrogen) atoms. The molecule has 6 heteroatoms. The smallest absolute Gasteiger partial charge is 0.255 e. The maximum Gasteiger partial charge on any atom is 0.255 e. The van der Waals surface area contributed by atoms with E-state index < -0.39 is 0 Å². The first-order valence-electron chi connectivity index (χ1n) is 11.7. The minimum atomic E-state index is -0.0325. The summed E-state index contributed by atoms with van der Waals surface area (Å²) in [6.45, 7) is 4.05. The predicted molar refractivity (Wildman–Crippen MR) is 125 cm³/mol. The summed E-state index contributed by atoms with van der Waals surface area (Å²) in [5, 5.41) is 6.71. The normalized spacial score (nSPS) is 20.1. The number of likely N-dealkylation sites (N-methyl/N-ethyl adjacent to an activating group) is 1. The van der Waals surface area contributed by atoms with Gasteiger partial charge in [-0.2, -0.15) is 0 Å². The average molecular weight is 422 g/mol. The van der Waals surface area contributed by atoms with E-state index in [4.69, 9.17) is 0 Å². The topological polar surface area (TPSA) is 60.5 Å². The fourth-order valence-corrected chi connectivity index (χ4v) is 4.82. The number of anilines is 1. The zero-order chi connectivity index (χ0) is 21.5. The van der Waals surface area contributed by atoms with Crippen LogP contribution in [0.25, 0.3) is 0 Å². The van der Waals surface area contributed by atoms with Crippen molar-refractivity contribution < 1.29 is 4.79 Å². The Hall–Kier alpha value is -2.44. The van der Waals surface area contributed by atoms with Gasteiger partial charge in [-0.25, -0.2) is 4.98 Å². The van der Waals surface area contributed by atoms with Gasteiger partial charge in [0.05, 0.1) is 5.56 Å². The highest BCUT2D eigenvalue weighted by atomic mass is 16.1. The summed E-state index contributed by atoms with van der Waals surface area (Å²) in [5.41, 5.74) is 1.93. The van der Waals surface area contributed by atoms with Crippen molar-refractivity contribution in [2.24, 2.45) is 0 Å². The van der Waals surface area contributed by atoms with Crippen molar-refractivity contribution in [2.45, 2.75) is 44.2 Å². The molecule has 166 valence electrons. The van der Waals surface area contributed by atoms with Crippen LogP contribution in [0.3, 0.4) is 0 Å². The molecule has 2 aromatic rings. The molecule has 6 nitrogen and oxygen atoms in total. The van der Waals surface area contributed by atoms with Gasteiger partial charge in [0.25, 0.3) is 5.91 Å². The van der Waals surface area contributed by atoms with Gasteiger partial charge in [0, 0.05) is 51.0 Å². The molecule has 2 N–H and O–H groups in total. The van der Waals surface area contributed by atoms with E-state index in [-0.39, 0.29) is 11.9 Å². The summed E-state index contributed by atoms with van der Waals surface area (Å²) >= 11 is 0. The molecule has 1 atom stereocenters. The van der Waals surface area contributed by atoms with Gasteiger partial charge in [-0.15, -0.1) is 0 Å². The second-order valence-electron chi connectivity index (χ2n) is 8.77. The Kier molecular flexibility index (Phi) is 7.54. The minimum absolute atomic E-state index is 0.0325. The van der Waals surface area contributed by atoms with Crippen LogP contribution < -0.4 is 15.5 Å². The summed E-state index contributed by atoms with van der Waals surface area (Å²) in [4.78, 5) is 22.2. The highest BCUT2D eigenvalue weighted by Crippen LogP contribution is 2.24. The Labute approximate surface area is 186 Å². The maximum absolute atomic E-state index is 13.0. The quantitative estimate of drug-likeness (QED) is 0.719. The number of carbonyl (C=O) groups is 1. The fourth-order valence-electron chi connectivity index (χ4n) is 4.82. The molecule has 2 fully saturated rings. The third kappa shape index (κ3) is 5.63. The van der Waals surface area contributed by atoms with Gasteiger partial charge in [0.2, 0.25) is 0 Å². The molecule has 1 aromatic carbocycles. The van der Waals surface area contributed by atoms with Crippen LogP contribution in [-0.4, -0.2) is 61.6 Å². The summed E-state index contributed by atoms with van der Waals surface area (Å²) in [5.74, 6) is 0.748. The van der Waals surface area contributed by atoms with Crippen molar-refractivity contribution in [3.05, 3.63) is 59.8 Å². The van der Waals surface area contributed by atoms with E-state index in [9.17, 15) is 4.79 Å². The molecule has 0 bridgehead atoms. The minimum Gasteiger partial charge on any atom is -0.353 e. The molecular weight excluding hydrogens is 386 g/mol. The van der Waals surface area contributed by atoms with Gasteiger partial charge < -0.3 is 20.4 Å². The number of hydrogen-bond acceptors (Lipinski definition) is 5. The number of nitrogens with one attached hydrogen (secondary N) is 2. The Bertz CT molecular complexity index is 837. The second-order valence-corrected chi connectivity index (χ2v) is 8.77. The van der Waals surface area contributed by atoms with E-state index in [0.29, 0.717) is 18.2 Å². The molecule has 0 radical (unpaired) electrons. The molecule has 1 saturated carbocycles. The number of pyridine rings is 1. The fraction of sp³-hybridized carbons (Fsp3) is 0.520. The largest absolute Gasteiger partial charge is 0.353 e. The molecule has 1 aliphatic carbocycles. The van der Waals surface area contributed by atoms with E-state index in [0.717, 1.165) is 32.0 Å². The maximum atomic E-state index is 13.0. The van der Waals surface area contributed by atoms with Crippen molar-refractivity contribution in [2.75, 3.05) is 44.7 Å². The van der Waals surface area contributed by atoms with E-state index in [2.05, 4.69) is 56.7 Å². The van der Waals surface area contributed by atoms with Crippen LogP contribution in [-0.2, 0) is 0 Å². The standard InChI is InChI=1S/C25H35N5O/c1-29(21-11-6-3-7-12-21)17-15-28-25(31)22-13-8-14-27-24(22)30-18-16-26-23(19-30)20-9-4-2-5-10-20/h2,4-5,8-10,13-14,21,23,26H,3,6-7,11-12,15-19H2,1H3,(H,28,31)/t23-/m1/s1. The first kappa shape index (κ1) is 21.8. The number of rotatable bonds is 7. The third-order valence-corrected chi connectivity index (χ3v) is 6.66. The molecule has 1 amide bonds. The Morgan fingerprint density at radius 2 is 1.97 bits per heavy atom. The molecule has 2 heterocycles. The van der Waals surface area contributed by atoms with Gasteiger partial charge in [-0.05, 0) is 37.6 Å². The van der Waals surface area contributed by atoms with E-state index >= 15 is 0 Å². The van der Waals surface area contributed by atoms with Crippen LogP contribution in [0, 0.1) is 0 Å². The van der Waals surface area contributed by atoms with Crippen LogP contribution in [0.4, 0.5) is 5.82 Å². The van der Waals surface area contributed by atoms with Crippen molar-refractivity contribution in [3.8, 4) is 0 Å². The Morgan fingerprint density at radius 1 is 1.16 bits per heavy atom. The highest BCUT2D eigenvalue weighted by molar-refractivity contribution is 5.98.